The smallest absolute Gasteiger partial charge is 0.315 e. The summed E-state index contributed by atoms with van der Waals surface area (Å²) < 4.78 is 16.2. The minimum absolute atomic E-state index is 0.183. The molecule has 1 aliphatic rings. The van der Waals surface area contributed by atoms with Gasteiger partial charge in [0, 0.05) is 13.1 Å². The molecule has 0 atom stereocenters. The van der Waals surface area contributed by atoms with Gasteiger partial charge in [-0.05, 0) is 48.2 Å². The molecule has 26 heavy (non-hydrogen) atoms. The van der Waals surface area contributed by atoms with Crippen LogP contribution in [-0.4, -0.2) is 26.0 Å². The summed E-state index contributed by atoms with van der Waals surface area (Å²) in [5.41, 5.74) is 2.12. The van der Waals surface area contributed by atoms with Gasteiger partial charge in [-0.25, -0.2) is 4.79 Å². The van der Waals surface area contributed by atoms with E-state index in [1.165, 1.54) is 0 Å². The number of benzene rings is 2. The number of hydrogen-bond donors (Lipinski definition) is 2. The lowest BCUT2D eigenvalue weighted by Gasteiger charge is -2.09. The second-order valence-electron chi connectivity index (χ2n) is 6.04. The van der Waals surface area contributed by atoms with Crippen LogP contribution in [0.5, 0.6) is 17.2 Å². The SMILES string of the molecule is CCCOc1ccc(CNC(=O)NCCc2ccc3c(c2)OCO3)cc1. The number of carbonyl (C=O) groups is 1. The van der Waals surface area contributed by atoms with Gasteiger partial charge in [-0.1, -0.05) is 25.1 Å². The molecule has 1 heterocycles. The topological polar surface area (TPSA) is 68.8 Å². The summed E-state index contributed by atoms with van der Waals surface area (Å²) in [4.78, 5) is 11.9. The Morgan fingerprint density at radius 2 is 1.81 bits per heavy atom. The zero-order valence-electron chi connectivity index (χ0n) is 14.9. The summed E-state index contributed by atoms with van der Waals surface area (Å²) in [5.74, 6) is 2.38. The summed E-state index contributed by atoms with van der Waals surface area (Å²) >= 11 is 0. The molecule has 0 bridgehead atoms. The van der Waals surface area contributed by atoms with Gasteiger partial charge in [0.05, 0.1) is 6.61 Å². The van der Waals surface area contributed by atoms with E-state index < -0.39 is 0 Å². The largest absolute Gasteiger partial charge is 0.494 e. The molecule has 2 amide bonds. The van der Waals surface area contributed by atoms with Crippen LogP contribution in [0, 0.1) is 0 Å². The average molecular weight is 356 g/mol. The van der Waals surface area contributed by atoms with Crippen molar-refractivity contribution in [2.75, 3.05) is 19.9 Å². The fourth-order valence-corrected chi connectivity index (χ4v) is 2.59. The second-order valence-corrected chi connectivity index (χ2v) is 6.04. The molecular weight excluding hydrogens is 332 g/mol. The zero-order chi connectivity index (χ0) is 18.2. The maximum Gasteiger partial charge on any atom is 0.315 e. The first-order valence-corrected chi connectivity index (χ1v) is 8.86. The minimum atomic E-state index is -0.183. The monoisotopic (exact) mass is 356 g/mol. The fraction of sp³-hybridized carbons (Fsp3) is 0.350. The number of urea groups is 1. The van der Waals surface area contributed by atoms with E-state index in [9.17, 15) is 4.79 Å². The van der Waals surface area contributed by atoms with Gasteiger partial charge in [0.1, 0.15) is 5.75 Å². The van der Waals surface area contributed by atoms with Crippen molar-refractivity contribution >= 4 is 6.03 Å². The van der Waals surface area contributed by atoms with Crippen LogP contribution in [-0.2, 0) is 13.0 Å². The molecule has 0 aromatic heterocycles. The van der Waals surface area contributed by atoms with Gasteiger partial charge in [0.15, 0.2) is 11.5 Å². The third-order valence-electron chi connectivity index (χ3n) is 3.99. The van der Waals surface area contributed by atoms with Crippen molar-refractivity contribution in [2.45, 2.75) is 26.3 Å². The predicted molar refractivity (Wildman–Crippen MR) is 98.7 cm³/mol. The quantitative estimate of drug-likeness (QED) is 0.762. The standard InChI is InChI=1S/C20H24N2O4/c1-2-11-24-17-6-3-16(4-7-17)13-22-20(23)21-10-9-15-5-8-18-19(12-15)26-14-25-18/h3-8,12H,2,9-11,13-14H2,1H3,(H2,21,22,23). The normalized spacial score (nSPS) is 11.9. The molecule has 138 valence electrons. The van der Waals surface area contributed by atoms with Crippen molar-refractivity contribution < 1.29 is 19.0 Å². The summed E-state index contributed by atoms with van der Waals surface area (Å²) in [5, 5.41) is 5.72. The third-order valence-corrected chi connectivity index (χ3v) is 3.99. The first-order chi connectivity index (χ1) is 12.7. The van der Waals surface area contributed by atoms with E-state index in [4.69, 9.17) is 14.2 Å². The molecule has 0 spiro atoms. The highest BCUT2D eigenvalue weighted by atomic mass is 16.7. The number of rotatable bonds is 8. The molecule has 0 saturated carbocycles. The van der Waals surface area contributed by atoms with Crippen LogP contribution < -0.4 is 24.8 Å². The maximum atomic E-state index is 11.9. The molecular formula is C20H24N2O4. The predicted octanol–water partition coefficient (Wildman–Crippen LogP) is 3.25. The van der Waals surface area contributed by atoms with E-state index in [1.54, 1.807) is 0 Å². The molecule has 3 rings (SSSR count). The molecule has 2 aromatic carbocycles. The van der Waals surface area contributed by atoms with Crippen LogP contribution in [0.15, 0.2) is 42.5 Å². The minimum Gasteiger partial charge on any atom is -0.494 e. The molecule has 6 nitrogen and oxygen atoms in total. The molecule has 0 aliphatic carbocycles. The lowest BCUT2D eigenvalue weighted by molar-refractivity contribution is 0.174. The number of carbonyl (C=O) groups excluding carboxylic acids is 1. The van der Waals surface area contributed by atoms with E-state index in [0.717, 1.165) is 41.2 Å². The highest BCUT2D eigenvalue weighted by molar-refractivity contribution is 5.73. The number of amides is 2. The lowest BCUT2D eigenvalue weighted by Crippen LogP contribution is -2.36. The lowest BCUT2D eigenvalue weighted by atomic mass is 10.1. The number of ether oxygens (including phenoxy) is 3. The van der Waals surface area contributed by atoms with E-state index in [-0.39, 0.29) is 12.8 Å². The Balaban J connectivity index is 1.36. The van der Waals surface area contributed by atoms with Crippen molar-refractivity contribution in [2.24, 2.45) is 0 Å². The van der Waals surface area contributed by atoms with Crippen molar-refractivity contribution in [3.05, 3.63) is 53.6 Å². The van der Waals surface area contributed by atoms with Crippen molar-refractivity contribution in [3.8, 4) is 17.2 Å². The van der Waals surface area contributed by atoms with Crippen LogP contribution in [0.3, 0.4) is 0 Å². The van der Waals surface area contributed by atoms with Gasteiger partial charge in [-0.3, -0.25) is 0 Å². The van der Waals surface area contributed by atoms with E-state index in [2.05, 4.69) is 17.6 Å². The third kappa shape index (κ3) is 5.05. The van der Waals surface area contributed by atoms with Crippen LogP contribution in [0.25, 0.3) is 0 Å². The molecule has 1 aliphatic heterocycles. The van der Waals surface area contributed by atoms with Crippen LogP contribution in [0.4, 0.5) is 4.79 Å². The highest BCUT2D eigenvalue weighted by Gasteiger charge is 2.13. The molecule has 0 unspecified atom stereocenters. The van der Waals surface area contributed by atoms with Crippen LogP contribution in [0.1, 0.15) is 24.5 Å². The number of nitrogens with one attached hydrogen (secondary N) is 2. The maximum absolute atomic E-state index is 11.9. The molecule has 0 saturated heterocycles. The second kappa shape index (κ2) is 8.99. The van der Waals surface area contributed by atoms with E-state index >= 15 is 0 Å². The molecule has 0 fully saturated rings. The summed E-state index contributed by atoms with van der Waals surface area (Å²) in [6.07, 6.45) is 1.71. The Morgan fingerprint density at radius 3 is 2.62 bits per heavy atom. The van der Waals surface area contributed by atoms with Gasteiger partial charge in [-0.2, -0.15) is 0 Å². The van der Waals surface area contributed by atoms with Crippen LogP contribution in [0.2, 0.25) is 0 Å². The Kier molecular flexibility index (Phi) is 6.19. The number of fused-ring (bicyclic) bond motifs is 1. The summed E-state index contributed by atoms with van der Waals surface area (Å²) in [6.45, 7) is 4.08. The van der Waals surface area contributed by atoms with E-state index in [1.807, 2.05) is 42.5 Å². The Labute approximate surface area is 153 Å². The average Bonchev–Trinajstić information content (AvgIpc) is 3.13. The van der Waals surface area contributed by atoms with Crippen molar-refractivity contribution in [1.29, 1.82) is 0 Å². The molecule has 6 heteroatoms. The Morgan fingerprint density at radius 1 is 1.04 bits per heavy atom. The first kappa shape index (κ1) is 17.9. The fourth-order valence-electron chi connectivity index (χ4n) is 2.59. The Bertz CT molecular complexity index is 731. The zero-order valence-corrected chi connectivity index (χ0v) is 14.9. The molecule has 2 aromatic rings. The first-order valence-electron chi connectivity index (χ1n) is 8.86. The van der Waals surface area contributed by atoms with Crippen molar-refractivity contribution in [3.63, 3.8) is 0 Å². The van der Waals surface area contributed by atoms with E-state index in [0.29, 0.717) is 19.7 Å². The van der Waals surface area contributed by atoms with Crippen molar-refractivity contribution in [1.82, 2.24) is 10.6 Å². The van der Waals surface area contributed by atoms with Gasteiger partial charge in [-0.15, -0.1) is 0 Å². The van der Waals surface area contributed by atoms with Gasteiger partial charge in [0.2, 0.25) is 6.79 Å². The number of hydrogen-bond acceptors (Lipinski definition) is 4. The van der Waals surface area contributed by atoms with Gasteiger partial charge < -0.3 is 24.8 Å². The van der Waals surface area contributed by atoms with Gasteiger partial charge >= 0.3 is 6.03 Å². The summed E-state index contributed by atoms with van der Waals surface area (Å²) in [6, 6.07) is 13.4. The highest BCUT2D eigenvalue weighted by Crippen LogP contribution is 2.32. The molecule has 0 radical (unpaired) electrons. The van der Waals surface area contributed by atoms with Gasteiger partial charge in [0.25, 0.3) is 0 Å². The Hall–Kier alpha value is -2.89. The van der Waals surface area contributed by atoms with Crippen LogP contribution >= 0.6 is 0 Å². The summed E-state index contributed by atoms with van der Waals surface area (Å²) in [7, 11) is 0. The molecule has 2 N–H and O–H groups in total.